The van der Waals surface area contributed by atoms with Crippen molar-refractivity contribution in [1.29, 1.82) is 0 Å². The monoisotopic (exact) mass is 332 g/mol. The van der Waals surface area contributed by atoms with Crippen molar-refractivity contribution in [2.24, 2.45) is 0 Å². The molecule has 0 N–H and O–H groups in total. The number of carbonyl (C=O) groups excluding carboxylic acids is 1. The Kier molecular flexibility index (Phi) is 4.76. The van der Waals surface area contributed by atoms with Gasteiger partial charge in [0.05, 0.1) is 10.7 Å². The van der Waals surface area contributed by atoms with Gasteiger partial charge in [0.25, 0.3) is 5.91 Å². The molecule has 1 aliphatic rings. The molecular weight excluding hydrogens is 311 g/mol. The van der Waals surface area contributed by atoms with E-state index in [-0.39, 0.29) is 17.6 Å². The number of benzene rings is 1. The molecule has 3 nitrogen and oxygen atoms in total. The first-order valence-electron chi connectivity index (χ1n) is 8.03. The van der Waals surface area contributed by atoms with Gasteiger partial charge in [-0.1, -0.05) is 18.6 Å². The minimum absolute atomic E-state index is 0.0853. The number of aryl methyl sites for hydroxylation is 2. The zero-order chi connectivity index (χ0) is 16.4. The van der Waals surface area contributed by atoms with Crippen molar-refractivity contribution in [3.8, 4) is 0 Å². The molecule has 2 heterocycles. The smallest absolute Gasteiger partial charge is 0.265 e. The molecule has 0 bridgehead atoms. The first kappa shape index (κ1) is 16.1. The molecular formula is C18H21FN2OS. The molecule has 122 valence electrons. The number of amides is 1. The Morgan fingerprint density at radius 2 is 2.00 bits per heavy atom. The molecule has 0 aliphatic carbocycles. The highest BCUT2D eigenvalue weighted by Gasteiger charge is 2.26. The summed E-state index contributed by atoms with van der Waals surface area (Å²) in [7, 11) is 0. The summed E-state index contributed by atoms with van der Waals surface area (Å²) >= 11 is 1.47. The van der Waals surface area contributed by atoms with Crippen LogP contribution >= 0.6 is 11.3 Å². The van der Waals surface area contributed by atoms with Gasteiger partial charge in [-0.2, -0.15) is 0 Å². The van der Waals surface area contributed by atoms with Crippen LogP contribution in [0, 0.1) is 19.7 Å². The maximum atomic E-state index is 13.1. The van der Waals surface area contributed by atoms with E-state index < -0.39 is 0 Å². The molecule has 1 fully saturated rings. The number of aromatic nitrogens is 1. The average Bonchev–Trinajstić information content (AvgIpc) is 2.74. The molecule has 0 spiro atoms. The number of nitrogens with zero attached hydrogens (tertiary/aromatic N) is 2. The van der Waals surface area contributed by atoms with E-state index in [9.17, 15) is 9.18 Å². The fraction of sp³-hybridized carbons (Fsp3) is 0.444. The third kappa shape index (κ3) is 3.61. The highest BCUT2D eigenvalue weighted by molar-refractivity contribution is 7.13. The van der Waals surface area contributed by atoms with Gasteiger partial charge < -0.3 is 4.90 Å². The van der Waals surface area contributed by atoms with Crippen LogP contribution < -0.4 is 0 Å². The number of hydrogen-bond acceptors (Lipinski definition) is 3. The van der Waals surface area contributed by atoms with E-state index in [0.29, 0.717) is 6.54 Å². The van der Waals surface area contributed by atoms with Crippen LogP contribution in [0.15, 0.2) is 24.3 Å². The van der Waals surface area contributed by atoms with E-state index >= 15 is 0 Å². The predicted octanol–water partition coefficient (Wildman–Crippen LogP) is 4.31. The van der Waals surface area contributed by atoms with Crippen molar-refractivity contribution < 1.29 is 9.18 Å². The lowest BCUT2D eigenvalue weighted by Crippen LogP contribution is -2.34. The largest absolute Gasteiger partial charge is 0.337 e. The molecule has 5 heteroatoms. The van der Waals surface area contributed by atoms with E-state index in [1.165, 1.54) is 23.5 Å². The second-order valence-corrected chi connectivity index (χ2v) is 7.35. The number of carbonyl (C=O) groups is 1. The number of halogens is 1. The highest BCUT2D eigenvalue weighted by atomic mass is 32.1. The second-order valence-electron chi connectivity index (χ2n) is 6.14. The Balaban J connectivity index is 1.80. The van der Waals surface area contributed by atoms with Gasteiger partial charge in [-0.25, -0.2) is 9.37 Å². The van der Waals surface area contributed by atoms with Crippen LogP contribution in [0.3, 0.4) is 0 Å². The molecule has 1 aromatic heterocycles. The lowest BCUT2D eigenvalue weighted by molar-refractivity contribution is 0.0758. The summed E-state index contributed by atoms with van der Waals surface area (Å²) in [6, 6.07) is 6.69. The van der Waals surface area contributed by atoms with Crippen LogP contribution in [-0.2, 0) is 0 Å². The summed E-state index contributed by atoms with van der Waals surface area (Å²) in [5, 5.41) is 0.927. The standard InChI is InChI=1S/C18H21FN2OS/c1-12-17(23-13(2)20-12)18(22)21-10-4-3-5-15(11-21)14-6-8-16(19)9-7-14/h6-9,15H,3-5,10-11H2,1-2H3/t15-/m0/s1. The average molecular weight is 332 g/mol. The van der Waals surface area contributed by atoms with Crippen LogP contribution in [0.4, 0.5) is 4.39 Å². The minimum Gasteiger partial charge on any atom is -0.337 e. The number of thiazole rings is 1. The lowest BCUT2D eigenvalue weighted by Gasteiger charge is -2.24. The van der Waals surface area contributed by atoms with Crippen molar-refractivity contribution in [1.82, 2.24) is 9.88 Å². The zero-order valence-electron chi connectivity index (χ0n) is 13.5. The zero-order valence-corrected chi connectivity index (χ0v) is 14.3. The Bertz CT molecular complexity index is 696. The van der Waals surface area contributed by atoms with Gasteiger partial charge in [0.15, 0.2) is 0 Å². The summed E-state index contributed by atoms with van der Waals surface area (Å²) in [5.74, 6) is 0.143. The van der Waals surface area contributed by atoms with Crippen molar-refractivity contribution in [2.45, 2.75) is 39.0 Å². The van der Waals surface area contributed by atoms with Crippen molar-refractivity contribution in [3.63, 3.8) is 0 Å². The molecule has 3 rings (SSSR count). The van der Waals surface area contributed by atoms with Gasteiger partial charge in [0, 0.05) is 19.0 Å². The van der Waals surface area contributed by atoms with Gasteiger partial charge >= 0.3 is 0 Å². The Morgan fingerprint density at radius 1 is 1.26 bits per heavy atom. The van der Waals surface area contributed by atoms with Crippen LogP contribution in [-0.4, -0.2) is 28.9 Å². The van der Waals surface area contributed by atoms with E-state index in [0.717, 1.165) is 46.9 Å². The van der Waals surface area contributed by atoms with Gasteiger partial charge in [-0.3, -0.25) is 4.79 Å². The lowest BCUT2D eigenvalue weighted by atomic mass is 9.94. The normalized spacial score (nSPS) is 18.7. The molecule has 23 heavy (non-hydrogen) atoms. The Labute approximate surface area is 140 Å². The molecule has 0 saturated carbocycles. The van der Waals surface area contributed by atoms with Crippen molar-refractivity contribution in [3.05, 3.63) is 51.2 Å². The first-order chi connectivity index (χ1) is 11.0. The summed E-state index contributed by atoms with van der Waals surface area (Å²) in [4.78, 5) is 19.9. The summed E-state index contributed by atoms with van der Waals surface area (Å²) in [5.41, 5.74) is 1.93. The second kappa shape index (κ2) is 6.79. The fourth-order valence-electron chi connectivity index (χ4n) is 3.21. The first-order valence-corrected chi connectivity index (χ1v) is 8.85. The molecule has 0 radical (unpaired) electrons. The predicted molar refractivity (Wildman–Crippen MR) is 90.5 cm³/mol. The Hall–Kier alpha value is -1.75. The van der Waals surface area contributed by atoms with Crippen molar-refractivity contribution in [2.75, 3.05) is 13.1 Å². The molecule has 2 aromatic rings. The molecule has 0 unspecified atom stereocenters. The van der Waals surface area contributed by atoms with Gasteiger partial charge in [0.1, 0.15) is 10.7 Å². The summed E-state index contributed by atoms with van der Waals surface area (Å²) in [6.45, 7) is 5.30. The maximum absolute atomic E-state index is 13.1. The summed E-state index contributed by atoms with van der Waals surface area (Å²) in [6.07, 6.45) is 3.14. The van der Waals surface area contributed by atoms with Crippen LogP contribution in [0.1, 0.15) is 51.1 Å². The van der Waals surface area contributed by atoms with Crippen LogP contribution in [0.5, 0.6) is 0 Å². The number of rotatable bonds is 2. The third-order valence-electron chi connectivity index (χ3n) is 4.40. The van der Waals surface area contributed by atoms with Crippen LogP contribution in [0.25, 0.3) is 0 Å². The molecule has 1 aliphatic heterocycles. The van der Waals surface area contributed by atoms with Gasteiger partial charge in [0.2, 0.25) is 0 Å². The van der Waals surface area contributed by atoms with E-state index in [2.05, 4.69) is 4.98 Å². The third-order valence-corrected chi connectivity index (χ3v) is 5.46. The quantitative estimate of drug-likeness (QED) is 0.821. The molecule has 1 saturated heterocycles. The van der Waals surface area contributed by atoms with E-state index in [1.54, 1.807) is 0 Å². The Morgan fingerprint density at radius 3 is 2.65 bits per heavy atom. The number of hydrogen-bond donors (Lipinski definition) is 0. The van der Waals surface area contributed by atoms with E-state index in [1.807, 2.05) is 30.9 Å². The van der Waals surface area contributed by atoms with Crippen LogP contribution in [0.2, 0.25) is 0 Å². The maximum Gasteiger partial charge on any atom is 0.265 e. The SMILES string of the molecule is Cc1nc(C)c(C(=O)N2CCCC[C@H](c3ccc(F)cc3)C2)s1. The van der Waals surface area contributed by atoms with Crippen molar-refractivity contribution >= 4 is 17.2 Å². The molecule has 1 amide bonds. The van der Waals surface area contributed by atoms with Gasteiger partial charge in [-0.05, 0) is 44.4 Å². The van der Waals surface area contributed by atoms with Gasteiger partial charge in [-0.15, -0.1) is 11.3 Å². The molecule has 1 aromatic carbocycles. The molecule has 1 atom stereocenters. The number of likely N-dealkylation sites (tertiary alicyclic amines) is 1. The summed E-state index contributed by atoms with van der Waals surface area (Å²) < 4.78 is 13.1. The minimum atomic E-state index is -0.217. The fourth-order valence-corrected chi connectivity index (χ4v) is 4.09. The van der Waals surface area contributed by atoms with E-state index in [4.69, 9.17) is 0 Å². The highest BCUT2D eigenvalue weighted by Crippen LogP contribution is 2.28. The topological polar surface area (TPSA) is 33.2 Å².